The summed E-state index contributed by atoms with van der Waals surface area (Å²) in [5.74, 6) is -4.27. The summed E-state index contributed by atoms with van der Waals surface area (Å²) in [6.07, 6.45) is -5.24. The number of aliphatic hydroxyl groups is 1. The van der Waals surface area contributed by atoms with E-state index in [1.165, 1.54) is 0 Å². The Morgan fingerprint density at radius 1 is 0.963 bits per heavy atom. The van der Waals surface area contributed by atoms with E-state index in [1.807, 2.05) is 18.4 Å². The van der Waals surface area contributed by atoms with Crippen LogP contribution in [0.2, 0.25) is 0 Å². The highest BCUT2D eigenvalue weighted by molar-refractivity contribution is 5.94. The highest BCUT2D eigenvalue weighted by Gasteiger charge is 2.60. The number of pyridine rings is 1. The first kappa shape index (κ1) is 39.6. The number of carbonyl (C=O) groups is 2. The lowest BCUT2D eigenvalue weighted by atomic mass is 9.92. The van der Waals surface area contributed by atoms with Gasteiger partial charge in [0.15, 0.2) is 17.4 Å². The summed E-state index contributed by atoms with van der Waals surface area (Å²) in [7, 11) is 0. The average Bonchev–Trinajstić information content (AvgIpc) is 3.86. The number of hydrogen-bond acceptors (Lipinski definition) is 7. The Balaban J connectivity index is 1.56. The van der Waals surface area contributed by atoms with E-state index in [1.54, 1.807) is 60.3 Å². The fourth-order valence-corrected chi connectivity index (χ4v) is 7.66. The summed E-state index contributed by atoms with van der Waals surface area (Å²) in [5, 5.41) is 14.0. The van der Waals surface area contributed by atoms with Gasteiger partial charge in [0.25, 0.3) is 0 Å². The predicted octanol–water partition coefficient (Wildman–Crippen LogP) is 9.58. The van der Waals surface area contributed by atoms with Gasteiger partial charge in [-0.2, -0.15) is 0 Å². The van der Waals surface area contributed by atoms with Crippen LogP contribution in [0.3, 0.4) is 0 Å². The lowest BCUT2D eigenvalue weighted by molar-refractivity contribution is -0.275. The fraction of sp³-hybridized carbons (Fsp3) is 0.615. The molecule has 0 bridgehead atoms. The molecule has 2 amide bonds. The number of aromatic nitrogens is 2. The second-order valence-electron chi connectivity index (χ2n) is 17.7. The van der Waals surface area contributed by atoms with Crippen LogP contribution in [0.1, 0.15) is 117 Å². The van der Waals surface area contributed by atoms with Crippen molar-refractivity contribution in [3.8, 4) is 17.0 Å². The van der Waals surface area contributed by atoms with Crippen molar-refractivity contribution in [3.63, 3.8) is 0 Å². The van der Waals surface area contributed by atoms with Gasteiger partial charge in [0.2, 0.25) is 0 Å². The van der Waals surface area contributed by atoms with Gasteiger partial charge in [-0.15, -0.1) is 13.2 Å². The zero-order valence-corrected chi connectivity index (χ0v) is 32.3. The van der Waals surface area contributed by atoms with Crippen molar-refractivity contribution in [3.05, 3.63) is 40.7 Å². The standard InChI is InChI=1S/C39H49F5N4O6/c1-18(2)30-28-27(26-22-16-47(17-23(22)26)35(50)54-37(6,7)8)25(15-38(9,10)51)48(20-11-12-20)32(28)29(41)31(46-30)21-13-19(45-34(49)53-36(3,4)5)14-24(40)33(21)52-39(42,43)44/h13-14,18,20,22-23,26,51H,11-12,15-17H2,1-10H3,(H,45,49). The highest BCUT2D eigenvalue weighted by atomic mass is 19.4. The molecule has 2 atom stereocenters. The number of benzene rings is 1. The summed E-state index contributed by atoms with van der Waals surface area (Å²) in [6, 6.07) is 1.45. The number of nitrogens with one attached hydrogen (secondary N) is 1. The molecular formula is C39H49F5N4O6. The van der Waals surface area contributed by atoms with Crippen LogP contribution >= 0.6 is 0 Å². The summed E-state index contributed by atoms with van der Waals surface area (Å²) in [5.41, 5.74) is -2.45. The molecule has 6 rings (SSSR count). The number of rotatable bonds is 8. The van der Waals surface area contributed by atoms with Crippen molar-refractivity contribution in [1.29, 1.82) is 0 Å². The zero-order chi connectivity index (χ0) is 40.0. The third-order valence-electron chi connectivity index (χ3n) is 9.65. The molecule has 2 unspecified atom stereocenters. The average molecular weight is 765 g/mol. The van der Waals surface area contributed by atoms with Crippen LogP contribution in [-0.4, -0.2) is 68.0 Å². The SMILES string of the molecule is CC(C)c1nc(-c2cc(NC(=O)OC(C)(C)C)cc(F)c2OC(F)(F)F)c(F)c2c1c(C1C3CN(C(=O)OC(C)(C)C)CC31)c(CC(C)(C)O)n2C1CC1. The number of ether oxygens (including phenoxy) is 3. The van der Waals surface area contributed by atoms with E-state index in [4.69, 9.17) is 9.47 Å². The second-order valence-corrected chi connectivity index (χ2v) is 17.7. The molecule has 2 saturated carbocycles. The van der Waals surface area contributed by atoms with Crippen LogP contribution in [-0.2, 0) is 15.9 Å². The van der Waals surface area contributed by atoms with E-state index in [-0.39, 0.29) is 41.4 Å². The van der Waals surface area contributed by atoms with Gasteiger partial charge >= 0.3 is 18.5 Å². The molecule has 0 spiro atoms. The number of piperidine rings is 1. The highest BCUT2D eigenvalue weighted by Crippen LogP contribution is 2.62. The summed E-state index contributed by atoms with van der Waals surface area (Å²) in [4.78, 5) is 31.9. The number of nitrogens with zero attached hydrogens (tertiary/aromatic N) is 3. The molecule has 10 nitrogen and oxygen atoms in total. The van der Waals surface area contributed by atoms with E-state index in [2.05, 4.69) is 15.0 Å². The van der Waals surface area contributed by atoms with Crippen LogP contribution in [0.15, 0.2) is 12.1 Å². The monoisotopic (exact) mass is 764 g/mol. The van der Waals surface area contributed by atoms with Crippen LogP contribution in [0, 0.1) is 23.5 Å². The Labute approximate surface area is 311 Å². The van der Waals surface area contributed by atoms with Crippen molar-refractivity contribution in [2.45, 2.75) is 130 Å². The van der Waals surface area contributed by atoms with Crippen LogP contribution in [0.4, 0.5) is 37.2 Å². The smallest absolute Gasteiger partial charge is 0.444 e. The van der Waals surface area contributed by atoms with Gasteiger partial charge in [0.1, 0.15) is 16.9 Å². The van der Waals surface area contributed by atoms with Crippen molar-refractivity contribution < 1.29 is 50.9 Å². The molecule has 2 aliphatic carbocycles. The molecule has 1 aromatic carbocycles. The molecule has 2 aromatic heterocycles. The van der Waals surface area contributed by atoms with Gasteiger partial charge in [0.05, 0.1) is 22.4 Å². The third kappa shape index (κ3) is 8.25. The van der Waals surface area contributed by atoms with Crippen LogP contribution < -0.4 is 10.1 Å². The Hall–Kier alpha value is -4.14. The second kappa shape index (κ2) is 13.3. The number of likely N-dealkylation sites (tertiary alicyclic amines) is 1. The molecule has 3 aromatic rings. The summed E-state index contributed by atoms with van der Waals surface area (Å²) >= 11 is 0. The van der Waals surface area contributed by atoms with Crippen molar-refractivity contribution in [2.24, 2.45) is 11.8 Å². The molecular weight excluding hydrogens is 715 g/mol. The number of fused-ring (bicyclic) bond motifs is 2. The number of alkyl halides is 3. The lowest BCUT2D eigenvalue weighted by Crippen LogP contribution is -2.37. The number of amides is 2. The molecule has 15 heteroatoms. The van der Waals surface area contributed by atoms with Crippen molar-refractivity contribution >= 4 is 28.8 Å². The number of carbonyl (C=O) groups excluding carboxylic acids is 2. The van der Waals surface area contributed by atoms with E-state index in [9.17, 15) is 27.9 Å². The molecule has 1 saturated heterocycles. The molecule has 2 N–H and O–H groups in total. The van der Waals surface area contributed by atoms with E-state index in [0.717, 1.165) is 11.6 Å². The molecule has 296 valence electrons. The van der Waals surface area contributed by atoms with Gasteiger partial charge in [-0.1, -0.05) is 13.8 Å². The van der Waals surface area contributed by atoms with Gasteiger partial charge in [-0.3, -0.25) is 5.32 Å². The fourth-order valence-electron chi connectivity index (χ4n) is 7.66. The quantitative estimate of drug-likeness (QED) is 0.220. The first-order valence-corrected chi connectivity index (χ1v) is 18.3. The molecule has 3 fully saturated rings. The van der Waals surface area contributed by atoms with E-state index >= 15 is 8.78 Å². The number of hydrogen-bond donors (Lipinski definition) is 2. The Morgan fingerprint density at radius 3 is 2.06 bits per heavy atom. The first-order chi connectivity index (χ1) is 24.7. The van der Waals surface area contributed by atoms with Gasteiger partial charge in [0, 0.05) is 48.4 Å². The molecule has 1 aliphatic heterocycles. The minimum atomic E-state index is -5.35. The molecule has 3 heterocycles. The van der Waals surface area contributed by atoms with E-state index < -0.39 is 69.9 Å². The summed E-state index contributed by atoms with van der Waals surface area (Å²) in [6.45, 7) is 18.0. The third-order valence-corrected chi connectivity index (χ3v) is 9.65. The Kier molecular flexibility index (Phi) is 9.71. The molecule has 0 radical (unpaired) electrons. The van der Waals surface area contributed by atoms with Crippen molar-refractivity contribution in [1.82, 2.24) is 14.5 Å². The first-order valence-electron chi connectivity index (χ1n) is 18.3. The van der Waals surface area contributed by atoms with Gasteiger partial charge < -0.3 is 28.8 Å². The molecule has 3 aliphatic rings. The van der Waals surface area contributed by atoms with Gasteiger partial charge in [-0.25, -0.2) is 23.4 Å². The number of halogens is 5. The van der Waals surface area contributed by atoms with Crippen LogP contribution in [0.25, 0.3) is 22.2 Å². The Bertz CT molecular complexity index is 1970. The van der Waals surface area contributed by atoms with Crippen molar-refractivity contribution in [2.75, 3.05) is 18.4 Å². The van der Waals surface area contributed by atoms with Gasteiger partial charge in [-0.05, 0) is 104 Å². The predicted molar refractivity (Wildman–Crippen MR) is 192 cm³/mol. The normalized spacial score (nSPS) is 20.4. The molecule has 54 heavy (non-hydrogen) atoms. The van der Waals surface area contributed by atoms with E-state index in [0.29, 0.717) is 48.8 Å². The minimum Gasteiger partial charge on any atom is -0.444 e. The minimum absolute atomic E-state index is 0.0237. The largest absolute Gasteiger partial charge is 0.573 e. The lowest BCUT2D eigenvalue weighted by Gasteiger charge is -2.26. The zero-order valence-electron chi connectivity index (χ0n) is 32.3. The topological polar surface area (TPSA) is 115 Å². The Morgan fingerprint density at radius 2 is 1.56 bits per heavy atom. The number of anilines is 1. The maximum Gasteiger partial charge on any atom is 0.573 e. The maximum absolute atomic E-state index is 17.5. The maximum atomic E-state index is 17.5. The summed E-state index contributed by atoms with van der Waals surface area (Å²) < 4.78 is 91.4. The van der Waals surface area contributed by atoms with Crippen LogP contribution in [0.5, 0.6) is 5.75 Å².